The Labute approximate surface area is 170 Å². The molecule has 4 fully saturated rings. The number of nitriles is 1. The standard InChI is InChI=1S/C23H25N3O3/c1-4-15-12-26-8-7-22-17-9-14(11-24)5-6-18(17)25(2)23(22)19(26)10-16(15)21(22,13-29-23)20(27)28-3/h4-6,9,16,19H,7-8,10,12-13H2,1-3H3/b15-4-/t16-,19-,21-,22-,23+/m0/s1. The summed E-state index contributed by atoms with van der Waals surface area (Å²) in [5, 5.41) is 9.60. The average molecular weight is 391 g/mol. The van der Waals surface area contributed by atoms with Crippen LogP contribution >= 0.6 is 0 Å². The van der Waals surface area contributed by atoms with E-state index >= 15 is 0 Å². The Bertz CT molecular complexity index is 1030. The van der Waals surface area contributed by atoms with Crippen LogP contribution in [0.3, 0.4) is 0 Å². The summed E-state index contributed by atoms with van der Waals surface area (Å²) in [6.45, 7) is 4.25. The second kappa shape index (κ2) is 5.21. The molecule has 5 aliphatic rings. The van der Waals surface area contributed by atoms with Gasteiger partial charge in [0.25, 0.3) is 0 Å². The number of esters is 1. The van der Waals surface area contributed by atoms with Crippen molar-refractivity contribution in [3.63, 3.8) is 0 Å². The van der Waals surface area contributed by atoms with Gasteiger partial charge in [0.1, 0.15) is 5.41 Å². The largest absolute Gasteiger partial charge is 0.468 e. The quantitative estimate of drug-likeness (QED) is 0.540. The minimum absolute atomic E-state index is 0.0993. The number of carbonyl (C=O) groups excluding carboxylic acids is 1. The predicted molar refractivity (Wildman–Crippen MR) is 106 cm³/mol. The molecule has 4 aliphatic heterocycles. The molecule has 150 valence electrons. The van der Waals surface area contributed by atoms with Gasteiger partial charge in [-0.05, 0) is 43.5 Å². The van der Waals surface area contributed by atoms with Crippen LogP contribution in [0.2, 0.25) is 0 Å². The van der Waals surface area contributed by atoms with Gasteiger partial charge in [-0.1, -0.05) is 11.6 Å². The highest BCUT2D eigenvalue weighted by Crippen LogP contribution is 2.76. The summed E-state index contributed by atoms with van der Waals surface area (Å²) in [4.78, 5) is 18.5. The second-order valence-corrected chi connectivity index (χ2v) is 9.14. The van der Waals surface area contributed by atoms with Crippen molar-refractivity contribution in [3.05, 3.63) is 41.0 Å². The van der Waals surface area contributed by atoms with Crippen LogP contribution in [-0.4, -0.2) is 56.5 Å². The lowest BCUT2D eigenvalue weighted by atomic mass is 9.43. The lowest BCUT2D eigenvalue weighted by molar-refractivity contribution is -0.183. The van der Waals surface area contributed by atoms with E-state index in [-0.39, 0.29) is 17.9 Å². The number of allylic oxidation sites excluding steroid dienone is 1. The highest BCUT2D eigenvalue weighted by atomic mass is 16.6. The minimum atomic E-state index is -0.764. The molecule has 0 amide bonds. The van der Waals surface area contributed by atoms with E-state index < -0.39 is 16.6 Å². The molecule has 0 unspecified atom stereocenters. The van der Waals surface area contributed by atoms with Gasteiger partial charge < -0.3 is 14.4 Å². The first kappa shape index (κ1) is 17.5. The lowest BCUT2D eigenvalue weighted by Gasteiger charge is -2.66. The van der Waals surface area contributed by atoms with Gasteiger partial charge in [0, 0.05) is 31.7 Å². The molecule has 1 aliphatic carbocycles. The molecule has 29 heavy (non-hydrogen) atoms. The fourth-order valence-electron chi connectivity index (χ4n) is 7.86. The Hall–Kier alpha value is -2.36. The van der Waals surface area contributed by atoms with Gasteiger partial charge in [-0.15, -0.1) is 0 Å². The lowest BCUT2D eigenvalue weighted by Crippen LogP contribution is -2.80. The summed E-state index contributed by atoms with van der Waals surface area (Å²) in [7, 11) is 3.59. The predicted octanol–water partition coefficient (Wildman–Crippen LogP) is 2.19. The van der Waals surface area contributed by atoms with Gasteiger partial charge in [-0.2, -0.15) is 5.26 Å². The highest BCUT2D eigenvalue weighted by molar-refractivity contribution is 5.86. The number of fused-ring (bicyclic) bond motifs is 3. The van der Waals surface area contributed by atoms with Gasteiger partial charge in [0.2, 0.25) is 0 Å². The summed E-state index contributed by atoms with van der Waals surface area (Å²) < 4.78 is 12.3. The number of piperidine rings is 2. The van der Waals surface area contributed by atoms with E-state index in [2.05, 4.69) is 35.9 Å². The second-order valence-electron chi connectivity index (χ2n) is 9.14. The number of methoxy groups -OCH3 is 1. The van der Waals surface area contributed by atoms with Crippen molar-refractivity contribution in [2.45, 2.75) is 36.9 Å². The van der Waals surface area contributed by atoms with E-state index in [1.54, 1.807) is 0 Å². The number of benzene rings is 1. The van der Waals surface area contributed by atoms with E-state index in [4.69, 9.17) is 9.47 Å². The minimum Gasteiger partial charge on any atom is -0.468 e. The Kier molecular flexibility index (Phi) is 3.15. The summed E-state index contributed by atoms with van der Waals surface area (Å²) >= 11 is 0. The first-order chi connectivity index (χ1) is 14.0. The molecule has 6 rings (SSSR count). The number of ether oxygens (including phenoxy) is 2. The zero-order chi connectivity index (χ0) is 20.2. The maximum Gasteiger partial charge on any atom is 0.315 e. The molecule has 1 aromatic carbocycles. The molecule has 5 bridgehead atoms. The van der Waals surface area contributed by atoms with Gasteiger partial charge >= 0.3 is 5.97 Å². The number of hydrogen-bond acceptors (Lipinski definition) is 6. The average Bonchev–Trinajstić information content (AvgIpc) is 3.14. The monoisotopic (exact) mass is 391 g/mol. The fraction of sp³-hybridized carbons (Fsp3) is 0.565. The number of anilines is 1. The molecular formula is C23H25N3O3. The Morgan fingerprint density at radius 1 is 1.45 bits per heavy atom. The van der Waals surface area contributed by atoms with Crippen molar-refractivity contribution in [2.75, 3.05) is 38.8 Å². The number of nitrogens with zero attached hydrogens (tertiary/aromatic N) is 3. The normalized spacial score (nSPS) is 42.6. The molecule has 0 aromatic heterocycles. The third-order valence-corrected chi connectivity index (χ3v) is 8.81. The molecule has 0 N–H and O–H groups in total. The highest BCUT2D eigenvalue weighted by Gasteiger charge is 2.86. The molecule has 4 heterocycles. The number of carbonyl (C=O) groups is 1. The van der Waals surface area contributed by atoms with Crippen LogP contribution in [0.25, 0.3) is 0 Å². The molecule has 1 saturated carbocycles. The maximum atomic E-state index is 13.7. The van der Waals surface area contributed by atoms with Gasteiger partial charge in [0.15, 0.2) is 5.72 Å². The number of hydrogen-bond donors (Lipinski definition) is 0. The summed E-state index contributed by atoms with van der Waals surface area (Å²) in [5.41, 5.74) is 2.25. The van der Waals surface area contributed by atoms with Crippen molar-refractivity contribution in [1.82, 2.24) is 4.90 Å². The van der Waals surface area contributed by atoms with Crippen molar-refractivity contribution >= 4 is 11.7 Å². The van der Waals surface area contributed by atoms with E-state index in [1.165, 1.54) is 12.7 Å². The third-order valence-electron chi connectivity index (χ3n) is 8.81. The molecular weight excluding hydrogens is 366 g/mol. The summed E-state index contributed by atoms with van der Waals surface area (Å²) in [5.74, 6) is -0.0663. The van der Waals surface area contributed by atoms with E-state index in [9.17, 15) is 10.1 Å². The summed E-state index contributed by atoms with van der Waals surface area (Å²) in [6.07, 6.45) is 3.92. The Balaban J connectivity index is 1.74. The topological polar surface area (TPSA) is 65.8 Å². The molecule has 5 atom stereocenters. The molecule has 3 saturated heterocycles. The molecule has 6 heteroatoms. The molecule has 0 radical (unpaired) electrons. The Morgan fingerprint density at radius 2 is 2.28 bits per heavy atom. The molecule has 1 aromatic rings. The Morgan fingerprint density at radius 3 is 3.00 bits per heavy atom. The third kappa shape index (κ3) is 1.50. The van der Waals surface area contributed by atoms with Crippen LogP contribution in [0.15, 0.2) is 29.8 Å². The van der Waals surface area contributed by atoms with Crippen molar-refractivity contribution in [3.8, 4) is 6.07 Å². The van der Waals surface area contributed by atoms with Gasteiger partial charge in [0.05, 0.1) is 36.8 Å². The molecule has 0 spiro atoms. The van der Waals surface area contributed by atoms with Crippen LogP contribution in [-0.2, 0) is 19.7 Å². The smallest absolute Gasteiger partial charge is 0.315 e. The van der Waals surface area contributed by atoms with E-state index in [1.807, 2.05) is 18.2 Å². The van der Waals surface area contributed by atoms with Crippen LogP contribution in [0.1, 0.15) is 30.9 Å². The zero-order valence-corrected chi connectivity index (χ0v) is 17.1. The van der Waals surface area contributed by atoms with Gasteiger partial charge in [-0.25, -0.2) is 0 Å². The maximum absolute atomic E-state index is 13.7. The first-order valence-electron chi connectivity index (χ1n) is 10.4. The van der Waals surface area contributed by atoms with Crippen LogP contribution in [0.4, 0.5) is 5.69 Å². The van der Waals surface area contributed by atoms with Crippen LogP contribution < -0.4 is 4.90 Å². The van der Waals surface area contributed by atoms with Crippen molar-refractivity contribution in [1.29, 1.82) is 5.26 Å². The van der Waals surface area contributed by atoms with E-state index in [0.29, 0.717) is 12.2 Å². The summed E-state index contributed by atoms with van der Waals surface area (Å²) in [6, 6.07) is 8.42. The van der Waals surface area contributed by atoms with Crippen molar-refractivity contribution < 1.29 is 14.3 Å². The first-order valence-corrected chi connectivity index (χ1v) is 10.4. The van der Waals surface area contributed by atoms with Gasteiger partial charge in [-0.3, -0.25) is 9.69 Å². The number of likely N-dealkylation sites (N-methyl/N-ethyl adjacent to an activating group) is 1. The SMILES string of the molecule is C/C=C1/CN2CC[C@@]34c5cc(C#N)ccc5N(C)[C@]35OC[C@@]4(C(=O)OC)[C@H]1C[C@H]25. The van der Waals surface area contributed by atoms with Crippen molar-refractivity contribution in [2.24, 2.45) is 11.3 Å². The zero-order valence-electron chi connectivity index (χ0n) is 17.1. The number of rotatable bonds is 1. The van der Waals surface area contributed by atoms with Crippen LogP contribution in [0.5, 0.6) is 0 Å². The van der Waals surface area contributed by atoms with Crippen LogP contribution in [0, 0.1) is 22.7 Å². The molecule has 6 nitrogen and oxygen atoms in total. The fourth-order valence-corrected chi connectivity index (χ4v) is 7.86. The van der Waals surface area contributed by atoms with E-state index in [0.717, 1.165) is 37.2 Å².